The molecule has 0 bridgehead atoms. The molecule has 0 amide bonds. The van der Waals surface area contributed by atoms with Gasteiger partial charge in [0.05, 0.1) is 5.70 Å². The van der Waals surface area contributed by atoms with E-state index in [0.717, 1.165) is 12.1 Å². The maximum atomic E-state index is 11.1. The van der Waals surface area contributed by atoms with Crippen molar-refractivity contribution in [2.45, 2.75) is 19.1 Å². The summed E-state index contributed by atoms with van der Waals surface area (Å²) in [4.78, 5) is 13.2. The fourth-order valence-corrected chi connectivity index (χ4v) is 1.77. The molecule has 0 spiro atoms. The third-order valence-electron chi connectivity index (χ3n) is 2.53. The lowest BCUT2D eigenvalue weighted by atomic mass is 10.1. The van der Waals surface area contributed by atoms with Crippen LogP contribution in [0.2, 0.25) is 0 Å². The lowest BCUT2D eigenvalue weighted by Crippen LogP contribution is -2.27. The summed E-state index contributed by atoms with van der Waals surface area (Å²) in [6, 6.07) is 0. The molecule has 14 heavy (non-hydrogen) atoms. The molecule has 0 saturated carbocycles. The van der Waals surface area contributed by atoms with Gasteiger partial charge in [0.25, 0.3) is 0 Å². The molecule has 0 aromatic heterocycles. The van der Waals surface area contributed by atoms with Crippen LogP contribution in [0, 0.1) is 0 Å². The first-order valence-electron chi connectivity index (χ1n) is 4.77. The summed E-state index contributed by atoms with van der Waals surface area (Å²) in [7, 11) is 1.96. The van der Waals surface area contributed by atoms with Gasteiger partial charge in [-0.15, -0.1) is 0 Å². The fourth-order valence-electron chi connectivity index (χ4n) is 1.77. The van der Waals surface area contributed by atoms with Gasteiger partial charge in [-0.1, -0.05) is 0 Å². The highest BCUT2D eigenvalue weighted by Gasteiger charge is 2.32. The average molecular weight is 194 g/mol. The monoisotopic (exact) mass is 194 g/mol. The molecule has 0 aromatic rings. The smallest absolute Gasteiger partial charge is 0.173 e. The molecule has 4 heteroatoms. The minimum Gasteiger partial charge on any atom is -0.468 e. The second-order valence-electron chi connectivity index (χ2n) is 3.53. The van der Waals surface area contributed by atoms with Crippen molar-refractivity contribution >= 4 is 5.78 Å². The minimum absolute atomic E-state index is 0.0107. The summed E-state index contributed by atoms with van der Waals surface area (Å²) >= 11 is 0. The Labute approximate surface area is 83.0 Å². The van der Waals surface area contributed by atoms with Crippen LogP contribution in [0.5, 0.6) is 0 Å². The maximum absolute atomic E-state index is 11.1. The Morgan fingerprint density at radius 3 is 3.21 bits per heavy atom. The zero-order valence-corrected chi connectivity index (χ0v) is 8.19. The van der Waals surface area contributed by atoms with Gasteiger partial charge in [0.2, 0.25) is 0 Å². The standard InChI is InChI=1S/C10H14N2O2/c1-12-8-3-2-7(13)6-9(8)14-10(12)4-5-11/h3,6,10H,2,4-5,11H2,1H3. The topological polar surface area (TPSA) is 55.6 Å². The van der Waals surface area contributed by atoms with E-state index in [0.29, 0.717) is 18.7 Å². The molecule has 76 valence electrons. The van der Waals surface area contributed by atoms with Crippen LogP contribution in [0.4, 0.5) is 0 Å². The first kappa shape index (κ1) is 9.27. The van der Waals surface area contributed by atoms with Crippen molar-refractivity contribution in [3.8, 4) is 0 Å². The molecule has 1 heterocycles. The number of likely N-dealkylation sites (N-methyl/N-ethyl adjacent to an activating group) is 1. The summed E-state index contributed by atoms with van der Waals surface area (Å²) in [5.74, 6) is 0.799. The van der Waals surface area contributed by atoms with Crippen molar-refractivity contribution in [3.63, 3.8) is 0 Å². The number of carbonyl (C=O) groups excluding carboxylic acids is 1. The van der Waals surface area contributed by atoms with Crippen LogP contribution in [-0.4, -0.2) is 30.5 Å². The Hall–Kier alpha value is -1.29. The average Bonchev–Trinajstić information content (AvgIpc) is 2.44. The Morgan fingerprint density at radius 1 is 1.71 bits per heavy atom. The summed E-state index contributed by atoms with van der Waals surface area (Å²) in [5.41, 5.74) is 6.49. The zero-order chi connectivity index (χ0) is 10.1. The second-order valence-corrected chi connectivity index (χ2v) is 3.53. The molecule has 2 aliphatic rings. The predicted molar refractivity (Wildman–Crippen MR) is 52.1 cm³/mol. The molecule has 1 atom stereocenters. The van der Waals surface area contributed by atoms with E-state index in [9.17, 15) is 4.79 Å². The molecule has 0 radical (unpaired) electrons. The molecule has 1 fully saturated rings. The number of ketones is 1. The van der Waals surface area contributed by atoms with Crippen molar-refractivity contribution in [1.29, 1.82) is 0 Å². The van der Waals surface area contributed by atoms with Crippen molar-refractivity contribution < 1.29 is 9.53 Å². The van der Waals surface area contributed by atoms with Gasteiger partial charge in [0.15, 0.2) is 12.0 Å². The molecular weight excluding hydrogens is 180 g/mol. The predicted octanol–water partition coefficient (Wildman–Crippen LogP) is 0.364. The Balaban J connectivity index is 2.20. The van der Waals surface area contributed by atoms with Crippen molar-refractivity contribution in [1.82, 2.24) is 4.90 Å². The van der Waals surface area contributed by atoms with Gasteiger partial charge in [-0.2, -0.15) is 0 Å². The largest absolute Gasteiger partial charge is 0.468 e. The van der Waals surface area contributed by atoms with E-state index >= 15 is 0 Å². The maximum Gasteiger partial charge on any atom is 0.173 e. The Bertz CT molecular complexity index is 320. The Morgan fingerprint density at radius 2 is 2.50 bits per heavy atom. The third kappa shape index (κ3) is 1.42. The van der Waals surface area contributed by atoms with Crippen LogP contribution in [-0.2, 0) is 9.53 Å². The number of allylic oxidation sites excluding steroid dienone is 2. The minimum atomic E-state index is -0.0107. The Kier molecular flexibility index (Phi) is 2.29. The van der Waals surface area contributed by atoms with E-state index in [4.69, 9.17) is 10.5 Å². The van der Waals surface area contributed by atoms with E-state index in [1.165, 1.54) is 0 Å². The number of nitrogens with zero attached hydrogens (tertiary/aromatic N) is 1. The van der Waals surface area contributed by atoms with Gasteiger partial charge in [0.1, 0.15) is 5.76 Å². The van der Waals surface area contributed by atoms with Crippen LogP contribution < -0.4 is 5.73 Å². The normalized spacial score (nSPS) is 25.4. The van der Waals surface area contributed by atoms with E-state index in [2.05, 4.69) is 0 Å². The van der Waals surface area contributed by atoms with E-state index < -0.39 is 0 Å². The first-order valence-corrected chi connectivity index (χ1v) is 4.77. The van der Waals surface area contributed by atoms with Gasteiger partial charge in [0, 0.05) is 26.0 Å². The van der Waals surface area contributed by atoms with Gasteiger partial charge >= 0.3 is 0 Å². The van der Waals surface area contributed by atoms with Crippen molar-refractivity contribution in [2.75, 3.05) is 13.6 Å². The molecule has 2 N–H and O–H groups in total. The van der Waals surface area contributed by atoms with Crippen molar-refractivity contribution in [2.24, 2.45) is 5.73 Å². The number of nitrogens with two attached hydrogens (primary N) is 1. The number of carbonyl (C=O) groups is 1. The zero-order valence-electron chi connectivity index (χ0n) is 8.19. The van der Waals surface area contributed by atoms with Crippen LogP contribution >= 0.6 is 0 Å². The van der Waals surface area contributed by atoms with Crippen LogP contribution in [0.1, 0.15) is 12.8 Å². The SMILES string of the molecule is CN1C2=CCC(=O)C=C2OC1CCN. The molecule has 1 unspecified atom stereocenters. The highest BCUT2D eigenvalue weighted by molar-refractivity contribution is 5.93. The number of ether oxygens (including phenoxy) is 1. The highest BCUT2D eigenvalue weighted by atomic mass is 16.5. The van der Waals surface area contributed by atoms with Gasteiger partial charge in [-0.3, -0.25) is 4.79 Å². The van der Waals surface area contributed by atoms with E-state index in [-0.39, 0.29) is 12.0 Å². The lowest BCUT2D eigenvalue weighted by molar-refractivity contribution is -0.114. The molecule has 1 aliphatic heterocycles. The summed E-state index contributed by atoms with van der Waals surface area (Å²) < 4.78 is 5.61. The number of hydrogen-bond donors (Lipinski definition) is 1. The first-order chi connectivity index (χ1) is 6.72. The van der Waals surface area contributed by atoms with Crippen LogP contribution in [0.3, 0.4) is 0 Å². The second kappa shape index (κ2) is 3.46. The highest BCUT2D eigenvalue weighted by Crippen LogP contribution is 2.32. The summed E-state index contributed by atoms with van der Waals surface area (Å²) in [6.45, 7) is 0.587. The van der Waals surface area contributed by atoms with Gasteiger partial charge in [-0.25, -0.2) is 0 Å². The van der Waals surface area contributed by atoms with Crippen LogP contribution in [0.25, 0.3) is 0 Å². The number of hydrogen-bond acceptors (Lipinski definition) is 4. The molecule has 0 aromatic carbocycles. The molecule has 4 nitrogen and oxygen atoms in total. The van der Waals surface area contributed by atoms with E-state index in [1.54, 1.807) is 6.08 Å². The number of fused-ring (bicyclic) bond motifs is 1. The van der Waals surface area contributed by atoms with Gasteiger partial charge < -0.3 is 15.4 Å². The summed E-state index contributed by atoms with van der Waals surface area (Å²) in [5, 5.41) is 0. The third-order valence-corrected chi connectivity index (χ3v) is 2.53. The lowest BCUT2D eigenvalue weighted by Gasteiger charge is -2.18. The number of rotatable bonds is 2. The van der Waals surface area contributed by atoms with Crippen LogP contribution in [0.15, 0.2) is 23.6 Å². The van der Waals surface area contributed by atoms with Crippen molar-refractivity contribution in [3.05, 3.63) is 23.6 Å². The molecule has 1 saturated heterocycles. The van der Waals surface area contributed by atoms with Gasteiger partial charge in [-0.05, 0) is 12.6 Å². The molecular formula is C10H14N2O2. The molecule has 1 aliphatic carbocycles. The molecule has 2 rings (SSSR count). The quantitative estimate of drug-likeness (QED) is 0.689. The summed E-state index contributed by atoms with van der Waals surface area (Å²) in [6.07, 6.45) is 4.72. The fraction of sp³-hybridized carbons (Fsp3) is 0.500. The van der Waals surface area contributed by atoms with E-state index in [1.807, 2.05) is 18.0 Å².